The maximum atomic E-state index is 12.6. The number of aliphatic hydroxyl groups is 3. The summed E-state index contributed by atoms with van der Waals surface area (Å²) in [4.78, 5) is 24.9. The van der Waals surface area contributed by atoms with Crippen molar-refractivity contribution >= 4 is 11.8 Å². The molecule has 11 atom stereocenters. The largest absolute Gasteiger partial charge is 0.459 e. The van der Waals surface area contributed by atoms with Gasteiger partial charge in [0.1, 0.15) is 23.4 Å². The van der Waals surface area contributed by atoms with Gasteiger partial charge in [0.05, 0.1) is 19.1 Å². The molecule has 150 valence electrons. The zero-order valence-corrected chi connectivity index (χ0v) is 15.9. The zero-order chi connectivity index (χ0) is 19.5. The van der Waals surface area contributed by atoms with E-state index in [0.717, 1.165) is 0 Å². The molecule has 3 aliphatic carbocycles. The molecule has 27 heavy (non-hydrogen) atoms. The summed E-state index contributed by atoms with van der Waals surface area (Å²) in [6, 6.07) is 0. The fraction of sp³-hybridized carbons (Fsp3) is 0.900. The second-order valence-corrected chi connectivity index (χ2v) is 9.92. The number of Topliss-reactive ketones (excluding diaryl/α,β-unsaturated/α-hetero) is 1. The number of carbonyl (C=O) groups excluding carboxylic acids is 2. The van der Waals surface area contributed by atoms with Crippen LogP contribution in [0, 0.1) is 35.0 Å². The lowest BCUT2D eigenvalue weighted by atomic mass is 9.39. The molecular weight excluding hydrogens is 352 g/mol. The number of fused-ring (bicyclic) bond motifs is 1. The van der Waals surface area contributed by atoms with Crippen molar-refractivity contribution in [1.29, 1.82) is 0 Å². The van der Waals surface area contributed by atoms with Crippen LogP contribution in [0.15, 0.2) is 0 Å². The second-order valence-electron chi connectivity index (χ2n) is 9.92. The highest BCUT2D eigenvalue weighted by molar-refractivity contribution is 5.85. The van der Waals surface area contributed by atoms with Gasteiger partial charge < -0.3 is 24.8 Å². The summed E-state index contributed by atoms with van der Waals surface area (Å²) in [5.41, 5.74) is -3.49. The Hall–Kier alpha value is -1.02. The lowest BCUT2D eigenvalue weighted by molar-refractivity contribution is -0.306. The molecule has 0 aromatic carbocycles. The molecule has 0 amide bonds. The summed E-state index contributed by atoms with van der Waals surface area (Å²) in [6.07, 6.45) is -1.97. The number of hydrogen-bond donors (Lipinski definition) is 3. The molecule has 3 unspecified atom stereocenters. The Balaban J connectivity index is 1.76. The molecule has 0 radical (unpaired) electrons. The quantitative estimate of drug-likeness (QED) is 0.509. The second kappa shape index (κ2) is 5.12. The van der Waals surface area contributed by atoms with Gasteiger partial charge in [-0.1, -0.05) is 20.8 Å². The van der Waals surface area contributed by atoms with E-state index in [1.165, 1.54) is 0 Å². The number of rotatable bonds is 0. The molecule has 7 nitrogen and oxygen atoms in total. The summed E-state index contributed by atoms with van der Waals surface area (Å²) in [7, 11) is 0. The summed E-state index contributed by atoms with van der Waals surface area (Å²) in [5, 5.41) is 33.7. The Morgan fingerprint density at radius 1 is 1.11 bits per heavy atom. The van der Waals surface area contributed by atoms with E-state index in [1.807, 2.05) is 20.8 Å². The molecule has 2 bridgehead atoms. The van der Waals surface area contributed by atoms with Crippen molar-refractivity contribution in [3.8, 4) is 0 Å². The Morgan fingerprint density at radius 3 is 2.52 bits per heavy atom. The number of ether oxygens (including phenoxy) is 2. The minimum atomic E-state index is -1.58. The number of aliphatic hydroxyl groups excluding tert-OH is 2. The van der Waals surface area contributed by atoms with Gasteiger partial charge in [0.15, 0.2) is 5.78 Å². The van der Waals surface area contributed by atoms with Crippen LogP contribution in [0.4, 0.5) is 0 Å². The van der Waals surface area contributed by atoms with Crippen LogP contribution in [-0.4, -0.2) is 63.2 Å². The average Bonchev–Trinajstić information content (AvgIpc) is 2.90. The van der Waals surface area contributed by atoms with E-state index in [2.05, 4.69) is 0 Å². The molecule has 1 spiro atoms. The summed E-state index contributed by atoms with van der Waals surface area (Å²) >= 11 is 0. The molecule has 5 rings (SSSR count). The number of ketones is 1. The average molecular weight is 380 g/mol. The summed E-state index contributed by atoms with van der Waals surface area (Å²) in [5.74, 6) is -2.00. The Labute approximate surface area is 158 Å². The Bertz CT molecular complexity index is 723. The third kappa shape index (κ3) is 1.78. The smallest absolute Gasteiger partial charge is 0.306 e. The van der Waals surface area contributed by atoms with Crippen LogP contribution in [-0.2, 0) is 19.1 Å². The van der Waals surface area contributed by atoms with Crippen molar-refractivity contribution in [2.45, 2.75) is 69.5 Å². The van der Waals surface area contributed by atoms with E-state index in [4.69, 9.17) is 9.47 Å². The summed E-state index contributed by atoms with van der Waals surface area (Å²) in [6.45, 7) is 5.59. The molecule has 2 heterocycles. The van der Waals surface area contributed by atoms with Crippen molar-refractivity contribution in [3.63, 3.8) is 0 Å². The highest BCUT2D eigenvalue weighted by Gasteiger charge is 2.82. The maximum absolute atomic E-state index is 12.6. The van der Waals surface area contributed by atoms with Gasteiger partial charge in [0, 0.05) is 23.7 Å². The van der Waals surface area contributed by atoms with Crippen molar-refractivity contribution in [2.75, 3.05) is 6.61 Å². The molecule has 5 fully saturated rings. The van der Waals surface area contributed by atoms with E-state index in [9.17, 15) is 24.9 Å². The third-order valence-corrected chi connectivity index (χ3v) is 8.89. The molecule has 7 heteroatoms. The first-order valence-electron chi connectivity index (χ1n) is 10.0. The van der Waals surface area contributed by atoms with E-state index in [0.29, 0.717) is 6.42 Å². The predicted molar refractivity (Wildman–Crippen MR) is 91.3 cm³/mol. The van der Waals surface area contributed by atoms with Crippen LogP contribution in [0.5, 0.6) is 0 Å². The van der Waals surface area contributed by atoms with Crippen LogP contribution in [0.25, 0.3) is 0 Å². The van der Waals surface area contributed by atoms with Crippen LogP contribution in [0.1, 0.15) is 40.0 Å². The van der Waals surface area contributed by atoms with Gasteiger partial charge in [-0.05, 0) is 24.2 Å². The van der Waals surface area contributed by atoms with Gasteiger partial charge in [-0.15, -0.1) is 0 Å². The van der Waals surface area contributed by atoms with Crippen LogP contribution >= 0.6 is 0 Å². The van der Waals surface area contributed by atoms with E-state index in [1.54, 1.807) is 0 Å². The van der Waals surface area contributed by atoms with Crippen LogP contribution < -0.4 is 0 Å². The zero-order valence-electron chi connectivity index (χ0n) is 15.9. The number of esters is 1. The molecule has 0 aromatic rings. The topological polar surface area (TPSA) is 113 Å². The fourth-order valence-electron chi connectivity index (χ4n) is 7.88. The minimum Gasteiger partial charge on any atom is -0.459 e. The van der Waals surface area contributed by atoms with Crippen LogP contribution in [0.3, 0.4) is 0 Å². The van der Waals surface area contributed by atoms with Crippen molar-refractivity contribution in [3.05, 3.63) is 0 Å². The van der Waals surface area contributed by atoms with Gasteiger partial charge >= 0.3 is 5.97 Å². The number of hydrogen-bond acceptors (Lipinski definition) is 7. The third-order valence-electron chi connectivity index (χ3n) is 8.89. The molecule has 3 saturated carbocycles. The molecular formula is C20H28O7. The normalized spacial score (nSPS) is 61.9. The lowest BCUT2D eigenvalue weighted by Crippen LogP contribution is -2.79. The monoisotopic (exact) mass is 380 g/mol. The van der Waals surface area contributed by atoms with Crippen molar-refractivity contribution < 1.29 is 34.4 Å². The Kier molecular flexibility index (Phi) is 3.42. The molecule has 2 saturated heterocycles. The Morgan fingerprint density at radius 2 is 1.81 bits per heavy atom. The van der Waals surface area contributed by atoms with Crippen molar-refractivity contribution in [1.82, 2.24) is 0 Å². The minimum absolute atomic E-state index is 0.0122. The van der Waals surface area contributed by atoms with E-state index >= 15 is 0 Å². The highest BCUT2D eigenvalue weighted by Crippen LogP contribution is 2.71. The van der Waals surface area contributed by atoms with Gasteiger partial charge in [-0.3, -0.25) is 9.59 Å². The van der Waals surface area contributed by atoms with E-state index < -0.39 is 40.8 Å². The molecule has 2 aliphatic heterocycles. The van der Waals surface area contributed by atoms with Gasteiger partial charge in [-0.2, -0.15) is 0 Å². The van der Waals surface area contributed by atoms with Crippen LogP contribution in [0.2, 0.25) is 0 Å². The van der Waals surface area contributed by atoms with Gasteiger partial charge in [0.2, 0.25) is 0 Å². The van der Waals surface area contributed by atoms with Gasteiger partial charge in [0.25, 0.3) is 0 Å². The first kappa shape index (κ1) is 18.0. The maximum Gasteiger partial charge on any atom is 0.306 e. The molecule has 0 aromatic heterocycles. The first-order valence-corrected chi connectivity index (χ1v) is 10.0. The SMILES string of the molecule is CC1CC(=O)[C@@H](O)[C@]2(C)[C@@H]3C45OC[C@]3(O)[C@H](O)[C@H](C)C4CC(=O)O[C@@H]5C[C@@H]12. The highest BCUT2D eigenvalue weighted by atomic mass is 16.6. The van der Waals surface area contributed by atoms with Gasteiger partial charge in [-0.25, -0.2) is 0 Å². The first-order chi connectivity index (χ1) is 12.6. The van der Waals surface area contributed by atoms with Crippen molar-refractivity contribution in [2.24, 2.45) is 35.0 Å². The lowest BCUT2D eigenvalue weighted by Gasteiger charge is -2.68. The molecule has 3 N–H and O–H groups in total. The predicted octanol–water partition coefficient (Wildman–Crippen LogP) is 0.0410. The molecule has 5 aliphatic rings. The summed E-state index contributed by atoms with van der Waals surface area (Å²) < 4.78 is 12.0. The number of carbonyl (C=O) groups is 2. The fourth-order valence-corrected chi connectivity index (χ4v) is 7.88. The standard InChI is InChI=1S/C20H28O7/c1-8-4-12(21)16(24)18(3)10(8)5-13-20-11(6-14(22)27-13)9(2)15(23)19(25,7-26-20)17(18)20/h8-11,13,15-17,23-25H,4-7H2,1-3H3/t8?,9-,10+,11?,13-,15-,16-,17+,18-,19+,20?/m1/s1. The van der Waals surface area contributed by atoms with E-state index in [-0.39, 0.29) is 54.9 Å².